The molecule has 1 heterocycles. The molecule has 0 fully saturated rings. The molecule has 1 N–H and O–H groups in total. The van der Waals surface area contributed by atoms with Crippen LogP contribution in [0.25, 0.3) is 0 Å². The first-order chi connectivity index (χ1) is 6.74. The van der Waals surface area contributed by atoms with Crippen LogP contribution in [-0.2, 0) is 17.1 Å². The Kier molecular flexibility index (Phi) is 4.52. The number of nitrogens with zero attached hydrogens (tertiary/aromatic N) is 2. The lowest BCUT2D eigenvalue weighted by molar-refractivity contribution is -0.133. The fraction of sp³-hybridized carbons (Fsp3) is 0.556. The zero-order valence-corrected chi connectivity index (χ0v) is 8.96. The maximum Gasteiger partial charge on any atom is 0.313 e. The van der Waals surface area contributed by atoms with Gasteiger partial charge in [0.2, 0.25) is 0 Å². The second-order valence-corrected chi connectivity index (χ2v) is 3.95. The predicted octanol–water partition coefficient (Wildman–Crippen LogP) is 1.61. The van der Waals surface area contributed by atoms with Crippen molar-refractivity contribution < 1.29 is 9.90 Å². The highest BCUT2D eigenvalue weighted by Gasteiger charge is 2.03. The molecule has 0 unspecified atom stereocenters. The molecule has 0 radical (unpaired) electrons. The van der Waals surface area contributed by atoms with Crippen LogP contribution in [0, 0.1) is 0 Å². The quantitative estimate of drug-likeness (QED) is 0.781. The van der Waals surface area contributed by atoms with Crippen molar-refractivity contribution in [2.75, 3.05) is 5.75 Å². The summed E-state index contributed by atoms with van der Waals surface area (Å²) in [7, 11) is 0. The maximum atomic E-state index is 10.3. The topological polar surface area (TPSA) is 55.1 Å². The zero-order chi connectivity index (χ0) is 10.4. The summed E-state index contributed by atoms with van der Waals surface area (Å²) in [6, 6.07) is 0. The molecule has 0 spiro atoms. The van der Waals surface area contributed by atoms with Crippen LogP contribution in [0.4, 0.5) is 0 Å². The van der Waals surface area contributed by atoms with Crippen LogP contribution in [-0.4, -0.2) is 26.4 Å². The van der Waals surface area contributed by atoms with Crippen LogP contribution in [0.15, 0.2) is 12.5 Å². The Labute approximate surface area is 87.3 Å². The number of carbonyl (C=O) groups is 1. The van der Waals surface area contributed by atoms with E-state index in [-0.39, 0.29) is 5.75 Å². The van der Waals surface area contributed by atoms with Gasteiger partial charge in [0.1, 0.15) is 0 Å². The highest BCUT2D eigenvalue weighted by molar-refractivity contribution is 7.99. The molecule has 0 atom stereocenters. The van der Waals surface area contributed by atoms with Crippen molar-refractivity contribution in [3.05, 3.63) is 18.2 Å². The van der Waals surface area contributed by atoms with E-state index in [1.54, 1.807) is 12.5 Å². The average molecular weight is 214 g/mol. The number of aliphatic carboxylic acids is 1. The monoisotopic (exact) mass is 214 g/mol. The van der Waals surface area contributed by atoms with Gasteiger partial charge in [-0.3, -0.25) is 4.79 Å². The van der Waals surface area contributed by atoms with E-state index in [1.165, 1.54) is 11.8 Å². The summed E-state index contributed by atoms with van der Waals surface area (Å²) in [5.41, 5.74) is 1.10. The first-order valence-corrected chi connectivity index (χ1v) is 5.68. The van der Waals surface area contributed by atoms with Crippen molar-refractivity contribution in [2.45, 2.75) is 25.6 Å². The predicted molar refractivity (Wildman–Crippen MR) is 56.3 cm³/mol. The van der Waals surface area contributed by atoms with E-state index >= 15 is 0 Å². The van der Waals surface area contributed by atoms with E-state index in [0.29, 0.717) is 5.75 Å². The van der Waals surface area contributed by atoms with E-state index < -0.39 is 5.97 Å². The summed E-state index contributed by atoms with van der Waals surface area (Å²) < 4.78 is 2.06. The summed E-state index contributed by atoms with van der Waals surface area (Å²) >= 11 is 1.40. The Morgan fingerprint density at radius 3 is 3.14 bits per heavy atom. The summed E-state index contributed by atoms with van der Waals surface area (Å²) in [6.07, 6.45) is 4.65. The van der Waals surface area contributed by atoms with Gasteiger partial charge in [0.25, 0.3) is 0 Å². The van der Waals surface area contributed by atoms with Gasteiger partial charge in [0.15, 0.2) is 0 Å². The third-order valence-electron chi connectivity index (χ3n) is 1.74. The van der Waals surface area contributed by atoms with Crippen LogP contribution < -0.4 is 0 Å². The molecular formula is C9H14N2O2S. The van der Waals surface area contributed by atoms with Crippen LogP contribution in [0.3, 0.4) is 0 Å². The molecule has 0 bridgehead atoms. The molecule has 0 saturated heterocycles. The van der Waals surface area contributed by atoms with E-state index in [4.69, 9.17) is 5.11 Å². The van der Waals surface area contributed by atoms with Gasteiger partial charge in [-0.15, -0.1) is 11.8 Å². The van der Waals surface area contributed by atoms with Crippen molar-refractivity contribution in [3.63, 3.8) is 0 Å². The first kappa shape index (κ1) is 11.1. The molecule has 0 aliphatic heterocycles. The maximum absolute atomic E-state index is 10.3. The van der Waals surface area contributed by atoms with Gasteiger partial charge >= 0.3 is 5.97 Å². The molecule has 4 nitrogen and oxygen atoms in total. The number of carboxylic acids is 1. The second kappa shape index (κ2) is 5.70. The van der Waals surface area contributed by atoms with Crippen molar-refractivity contribution in [3.8, 4) is 0 Å². The molecule has 0 aromatic carbocycles. The summed E-state index contributed by atoms with van der Waals surface area (Å²) in [6.45, 7) is 3.05. The van der Waals surface area contributed by atoms with E-state index in [1.807, 2.05) is 0 Å². The molecule has 5 heteroatoms. The fourth-order valence-corrected chi connectivity index (χ4v) is 1.88. The lowest BCUT2D eigenvalue weighted by Gasteiger charge is -2.04. The Morgan fingerprint density at radius 2 is 2.50 bits per heavy atom. The normalized spacial score (nSPS) is 10.4. The molecule has 1 rings (SSSR count). The smallest absolute Gasteiger partial charge is 0.313 e. The number of hydrogen-bond acceptors (Lipinski definition) is 3. The number of aryl methyl sites for hydroxylation is 1. The number of aromatic nitrogens is 2. The SMILES string of the molecule is CCCn1cncc1CSCC(=O)O. The average Bonchev–Trinajstić information content (AvgIpc) is 2.53. The van der Waals surface area contributed by atoms with Gasteiger partial charge in [0, 0.05) is 24.2 Å². The van der Waals surface area contributed by atoms with Gasteiger partial charge in [-0.2, -0.15) is 0 Å². The summed E-state index contributed by atoms with van der Waals surface area (Å²) in [5, 5.41) is 8.47. The minimum absolute atomic E-state index is 0.150. The fourth-order valence-electron chi connectivity index (χ4n) is 1.15. The number of rotatable bonds is 6. The highest BCUT2D eigenvalue weighted by Crippen LogP contribution is 2.11. The minimum atomic E-state index is -0.767. The molecule has 0 amide bonds. The van der Waals surface area contributed by atoms with Gasteiger partial charge < -0.3 is 9.67 Å². The largest absolute Gasteiger partial charge is 0.481 e. The highest BCUT2D eigenvalue weighted by atomic mass is 32.2. The third-order valence-corrected chi connectivity index (χ3v) is 2.69. The third kappa shape index (κ3) is 3.41. The number of hydrogen-bond donors (Lipinski definition) is 1. The van der Waals surface area contributed by atoms with Crippen LogP contribution in [0.1, 0.15) is 19.0 Å². The molecule has 1 aromatic heterocycles. The number of imidazole rings is 1. The molecule has 14 heavy (non-hydrogen) atoms. The summed E-state index contributed by atoms with van der Waals surface area (Å²) in [5.74, 6) is 0.0976. The van der Waals surface area contributed by atoms with Crippen LogP contribution in [0.5, 0.6) is 0 Å². The van der Waals surface area contributed by atoms with Gasteiger partial charge in [-0.25, -0.2) is 4.98 Å². The molecule has 0 aliphatic rings. The minimum Gasteiger partial charge on any atom is -0.481 e. The van der Waals surface area contributed by atoms with Crippen LogP contribution in [0.2, 0.25) is 0 Å². The summed E-state index contributed by atoms with van der Waals surface area (Å²) in [4.78, 5) is 14.3. The van der Waals surface area contributed by atoms with Crippen molar-refractivity contribution in [1.82, 2.24) is 9.55 Å². The molecule has 1 aromatic rings. The molecule has 78 valence electrons. The Bertz CT molecular complexity index is 299. The standard InChI is InChI=1S/C9H14N2O2S/c1-2-3-11-7-10-4-8(11)5-14-6-9(12)13/h4,7H,2-3,5-6H2,1H3,(H,12,13). The first-order valence-electron chi connectivity index (χ1n) is 4.52. The van der Waals surface area contributed by atoms with Crippen molar-refractivity contribution in [1.29, 1.82) is 0 Å². The second-order valence-electron chi connectivity index (χ2n) is 2.96. The van der Waals surface area contributed by atoms with Gasteiger partial charge in [0.05, 0.1) is 12.1 Å². The zero-order valence-electron chi connectivity index (χ0n) is 8.14. The lowest BCUT2D eigenvalue weighted by atomic mass is 10.4. The van der Waals surface area contributed by atoms with Gasteiger partial charge in [-0.05, 0) is 6.42 Å². The number of carboxylic acid groups (broad SMARTS) is 1. The van der Waals surface area contributed by atoms with Gasteiger partial charge in [-0.1, -0.05) is 6.92 Å². The van der Waals surface area contributed by atoms with Crippen molar-refractivity contribution in [2.24, 2.45) is 0 Å². The Balaban J connectivity index is 2.41. The van der Waals surface area contributed by atoms with E-state index in [2.05, 4.69) is 16.5 Å². The number of thioether (sulfide) groups is 1. The Hall–Kier alpha value is -0.970. The molecule has 0 saturated carbocycles. The van der Waals surface area contributed by atoms with Crippen molar-refractivity contribution >= 4 is 17.7 Å². The Morgan fingerprint density at radius 1 is 1.71 bits per heavy atom. The molecular weight excluding hydrogens is 200 g/mol. The van der Waals surface area contributed by atoms with E-state index in [9.17, 15) is 4.79 Å². The van der Waals surface area contributed by atoms with E-state index in [0.717, 1.165) is 18.7 Å². The molecule has 0 aliphatic carbocycles. The lowest BCUT2D eigenvalue weighted by Crippen LogP contribution is -2.02. The van der Waals surface area contributed by atoms with Crippen LogP contribution >= 0.6 is 11.8 Å².